The largest absolute Gasteiger partial charge is 0.487 e. The molecule has 0 unspecified atom stereocenters. The maximum absolute atomic E-state index is 12.3. The zero-order chi connectivity index (χ0) is 21.0. The summed E-state index contributed by atoms with van der Waals surface area (Å²) in [6, 6.07) is 10.9. The minimum atomic E-state index is -0.526. The molecule has 0 aliphatic carbocycles. The van der Waals surface area contributed by atoms with Crippen molar-refractivity contribution in [1.29, 1.82) is 0 Å². The van der Waals surface area contributed by atoms with Crippen molar-refractivity contribution >= 4 is 34.8 Å². The van der Waals surface area contributed by atoms with Crippen molar-refractivity contribution in [2.24, 2.45) is 7.05 Å². The summed E-state index contributed by atoms with van der Waals surface area (Å²) in [5.74, 6) is 0.0975. The molecule has 0 aliphatic heterocycles. The van der Waals surface area contributed by atoms with Gasteiger partial charge in [-0.3, -0.25) is 19.6 Å². The Morgan fingerprint density at radius 1 is 1.21 bits per heavy atom. The van der Waals surface area contributed by atoms with Crippen LogP contribution in [-0.2, 0) is 20.2 Å². The summed E-state index contributed by atoms with van der Waals surface area (Å²) in [5, 5.41) is 18.2. The highest BCUT2D eigenvalue weighted by Crippen LogP contribution is 2.29. The first-order valence-electron chi connectivity index (χ1n) is 8.45. The molecule has 0 saturated carbocycles. The predicted octanol–water partition coefficient (Wildman–Crippen LogP) is 4.14. The number of rotatable bonds is 7. The SMILES string of the molecule is Cn1ncc(Cl)c1CNC(=O)c1ccc(COc2ccc([N+](=O)[O-])cc2Cl)cc1. The van der Waals surface area contributed by atoms with Crippen LogP contribution in [0.5, 0.6) is 5.75 Å². The number of nitro groups is 1. The van der Waals surface area contributed by atoms with Gasteiger partial charge in [-0.1, -0.05) is 35.3 Å². The third-order valence-electron chi connectivity index (χ3n) is 4.16. The number of aromatic nitrogens is 2. The number of halogens is 2. The molecule has 8 nitrogen and oxygen atoms in total. The number of nitrogens with zero attached hydrogens (tertiary/aromatic N) is 3. The highest BCUT2D eigenvalue weighted by atomic mass is 35.5. The van der Waals surface area contributed by atoms with E-state index in [0.717, 1.165) is 5.56 Å². The van der Waals surface area contributed by atoms with E-state index in [0.29, 0.717) is 22.0 Å². The van der Waals surface area contributed by atoms with Gasteiger partial charge in [0.25, 0.3) is 11.6 Å². The second-order valence-corrected chi connectivity index (χ2v) is 6.92. The number of nitro benzene ring substituents is 1. The van der Waals surface area contributed by atoms with Gasteiger partial charge in [0.15, 0.2) is 0 Å². The average Bonchev–Trinajstić information content (AvgIpc) is 3.03. The molecule has 3 rings (SSSR count). The van der Waals surface area contributed by atoms with Crippen LogP contribution in [0.25, 0.3) is 0 Å². The molecule has 0 spiro atoms. The van der Waals surface area contributed by atoms with Crippen LogP contribution in [-0.4, -0.2) is 20.6 Å². The molecule has 1 heterocycles. The van der Waals surface area contributed by atoms with Crippen molar-refractivity contribution in [3.05, 3.63) is 85.6 Å². The molecule has 0 atom stereocenters. The van der Waals surface area contributed by atoms with Crippen molar-refractivity contribution in [1.82, 2.24) is 15.1 Å². The number of carbonyl (C=O) groups excluding carboxylic acids is 1. The van der Waals surface area contributed by atoms with Crippen LogP contribution in [0.3, 0.4) is 0 Å². The van der Waals surface area contributed by atoms with Gasteiger partial charge in [0.05, 0.1) is 33.4 Å². The molecule has 1 aromatic heterocycles. The summed E-state index contributed by atoms with van der Waals surface area (Å²) in [7, 11) is 1.75. The lowest BCUT2D eigenvalue weighted by atomic mass is 10.1. The molecule has 10 heteroatoms. The minimum absolute atomic E-state index is 0.106. The van der Waals surface area contributed by atoms with Crippen molar-refractivity contribution in [2.75, 3.05) is 0 Å². The Hall–Kier alpha value is -3.10. The Labute approximate surface area is 176 Å². The maximum Gasteiger partial charge on any atom is 0.271 e. The molecule has 29 heavy (non-hydrogen) atoms. The summed E-state index contributed by atoms with van der Waals surface area (Å²) >= 11 is 12.0. The van der Waals surface area contributed by atoms with Gasteiger partial charge in [-0.05, 0) is 23.8 Å². The quantitative estimate of drug-likeness (QED) is 0.444. The molecule has 0 radical (unpaired) electrons. The maximum atomic E-state index is 12.3. The van der Waals surface area contributed by atoms with E-state index in [1.165, 1.54) is 24.4 Å². The fourth-order valence-corrected chi connectivity index (χ4v) is 3.00. The van der Waals surface area contributed by atoms with Crippen LogP contribution >= 0.6 is 23.2 Å². The molecule has 0 aliphatic rings. The zero-order valence-corrected chi connectivity index (χ0v) is 16.8. The Morgan fingerprint density at radius 2 is 1.93 bits per heavy atom. The van der Waals surface area contributed by atoms with Crippen molar-refractivity contribution in [3.63, 3.8) is 0 Å². The minimum Gasteiger partial charge on any atom is -0.487 e. The van der Waals surface area contributed by atoms with Crippen LogP contribution in [0.1, 0.15) is 21.6 Å². The van der Waals surface area contributed by atoms with Crippen LogP contribution in [0.15, 0.2) is 48.7 Å². The molecule has 2 aromatic carbocycles. The Bertz CT molecular complexity index is 1030. The third-order valence-corrected chi connectivity index (χ3v) is 4.77. The standard InChI is InChI=1S/C19H16Cl2N4O4/c1-24-17(16(21)9-23-24)10-22-19(26)13-4-2-12(3-5-13)11-29-18-7-6-14(25(27)28)8-15(18)20/h2-9H,10-11H2,1H3,(H,22,26). The predicted molar refractivity (Wildman–Crippen MR) is 108 cm³/mol. The lowest BCUT2D eigenvalue weighted by Gasteiger charge is -2.09. The summed E-state index contributed by atoms with van der Waals surface area (Å²) in [6.45, 7) is 0.460. The summed E-state index contributed by atoms with van der Waals surface area (Å²) in [6.07, 6.45) is 1.52. The topological polar surface area (TPSA) is 99.3 Å². The van der Waals surface area contributed by atoms with Crippen molar-refractivity contribution in [2.45, 2.75) is 13.2 Å². The van der Waals surface area contributed by atoms with Gasteiger partial charge in [0.1, 0.15) is 12.4 Å². The van der Waals surface area contributed by atoms with Gasteiger partial charge >= 0.3 is 0 Å². The first-order valence-corrected chi connectivity index (χ1v) is 9.21. The Balaban J connectivity index is 1.57. The number of nitrogens with one attached hydrogen (secondary N) is 1. The van der Waals surface area contributed by atoms with Crippen LogP contribution in [0, 0.1) is 10.1 Å². The lowest BCUT2D eigenvalue weighted by Crippen LogP contribution is -2.24. The highest BCUT2D eigenvalue weighted by molar-refractivity contribution is 6.32. The normalized spacial score (nSPS) is 10.6. The van der Waals surface area contributed by atoms with Crippen molar-refractivity contribution in [3.8, 4) is 5.75 Å². The van der Waals surface area contributed by atoms with Gasteiger partial charge in [0, 0.05) is 24.7 Å². The molecule has 0 fully saturated rings. The van der Waals surface area contributed by atoms with E-state index in [4.69, 9.17) is 27.9 Å². The summed E-state index contributed by atoms with van der Waals surface area (Å²) < 4.78 is 7.20. The zero-order valence-electron chi connectivity index (χ0n) is 15.3. The Kier molecular flexibility index (Phi) is 6.36. The average molecular weight is 435 g/mol. The smallest absolute Gasteiger partial charge is 0.271 e. The van der Waals surface area contributed by atoms with Crippen LogP contribution in [0.2, 0.25) is 10.0 Å². The Morgan fingerprint density at radius 3 is 2.52 bits per heavy atom. The summed E-state index contributed by atoms with van der Waals surface area (Å²) in [5.41, 5.74) is 1.90. The van der Waals surface area contributed by atoms with Crippen LogP contribution < -0.4 is 10.1 Å². The first kappa shape index (κ1) is 20.6. The highest BCUT2D eigenvalue weighted by Gasteiger charge is 2.12. The van der Waals surface area contributed by atoms with Gasteiger partial charge < -0.3 is 10.1 Å². The number of non-ortho nitro benzene ring substituents is 1. The van der Waals surface area contributed by atoms with Gasteiger partial charge in [0.2, 0.25) is 0 Å². The lowest BCUT2D eigenvalue weighted by molar-refractivity contribution is -0.384. The number of amides is 1. The number of benzene rings is 2. The van der Waals surface area contributed by atoms with E-state index in [1.54, 1.807) is 36.0 Å². The van der Waals surface area contributed by atoms with E-state index in [1.807, 2.05) is 0 Å². The van der Waals surface area contributed by atoms with E-state index in [9.17, 15) is 14.9 Å². The molecule has 150 valence electrons. The van der Waals surface area contributed by atoms with E-state index in [2.05, 4.69) is 10.4 Å². The third kappa shape index (κ3) is 5.04. The second kappa shape index (κ2) is 8.93. The fraction of sp³-hybridized carbons (Fsp3) is 0.158. The monoisotopic (exact) mass is 434 g/mol. The van der Waals surface area contributed by atoms with E-state index < -0.39 is 4.92 Å². The molecule has 0 saturated heterocycles. The fourth-order valence-electron chi connectivity index (χ4n) is 2.53. The van der Waals surface area contributed by atoms with E-state index in [-0.39, 0.29) is 29.8 Å². The van der Waals surface area contributed by atoms with Crippen LogP contribution in [0.4, 0.5) is 5.69 Å². The first-order chi connectivity index (χ1) is 13.8. The molecule has 1 amide bonds. The second-order valence-electron chi connectivity index (χ2n) is 6.10. The number of carbonyl (C=O) groups is 1. The summed E-state index contributed by atoms with van der Waals surface area (Å²) in [4.78, 5) is 22.5. The van der Waals surface area contributed by atoms with Gasteiger partial charge in [-0.25, -0.2) is 0 Å². The molecular formula is C19H16Cl2N4O4. The van der Waals surface area contributed by atoms with E-state index >= 15 is 0 Å². The molecule has 3 aromatic rings. The number of hydrogen-bond acceptors (Lipinski definition) is 5. The molecule has 1 N–H and O–H groups in total. The van der Waals surface area contributed by atoms with Gasteiger partial charge in [-0.2, -0.15) is 5.10 Å². The molecular weight excluding hydrogens is 419 g/mol. The number of ether oxygens (including phenoxy) is 1. The van der Waals surface area contributed by atoms with Gasteiger partial charge in [-0.15, -0.1) is 0 Å². The van der Waals surface area contributed by atoms with Crippen molar-refractivity contribution < 1.29 is 14.5 Å². The number of hydrogen-bond donors (Lipinski definition) is 1. The molecule has 0 bridgehead atoms. The number of aryl methyl sites for hydroxylation is 1.